The molecule has 3 rings (SSSR count). The van der Waals surface area contributed by atoms with Gasteiger partial charge in [0.2, 0.25) is 5.91 Å². The predicted octanol–water partition coefficient (Wildman–Crippen LogP) is 5.13. The maximum atomic E-state index is 13.0. The Kier molecular flexibility index (Phi) is 9.33. The molecule has 0 heterocycles. The zero-order chi connectivity index (χ0) is 25.4. The van der Waals surface area contributed by atoms with Crippen LogP contribution in [0.15, 0.2) is 48.5 Å². The van der Waals surface area contributed by atoms with E-state index in [0.29, 0.717) is 24.9 Å². The van der Waals surface area contributed by atoms with Crippen LogP contribution in [0.1, 0.15) is 74.6 Å². The molecule has 35 heavy (non-hydrogen) atoms. The predicted molar refractivity (Wildman–Crippen MR) is 140 cm³/mol. The molecule has 2 aromatic rings. The number of carbonyl (C=O) groups is 2. The molecule has 0 saturated heterocycles. The Morgan fingerprint density at radius 3 is 2.46 bits per heavy atom. The summed E-state index contributed by atoms with van der Waals surface area (Å²) >= 11 is 0. The number of hydrogen-bond donors (Lipinski definition) is 3. The molecule has 0 spiro atoms. The van der Waals surface area contributed by atoms with E-state index < -0.39 is 17.7 Å². The Morgan fingerprint density at radius 2 is 1.77 bits per heavy atom. The number of benzene rings is 2. The van der Waals surface area contributed by atoms with Crippen LogP contribution in [-0.4, -0.2) is 36.2 Å². The monoisotopic (exact) mass is 479 g/mol. The van der Waals surface area contributed by atoms with Crippen molar-refractivity contribution in [1.82, 2.24) is 16.0 Å². The summed E-state index contributed by atoms with van der Waals surface area (Å²) in [6, 6.07) is 16.7. The third-order valence-corrected chi connectivity index (χ3v) is 6.39. The highest BCUT2D eigenvalue weighted by Gasteiger charge is 2.37. The normalized spacial score (nSPS) is 18.0. The molecule has 6 nitrogen and oxygen atoms in total. The minimum absolute atomic E-state index is 0.187. The molecule has 190 valence electrons. The second-order valence-electron chi connectivity index (χ2n) is 10.6. The van der Waals surface area contributed by atoms with Gasteiger partial charge in [-0.3, -0.25) is 4.79 Å². The lowest BCUT2D eigenvalue weighted by molar-refractivity contribution is -0.123. The number of rotatable bonds is 11. The summed E-state index contributed by atoms with van der Waals surface area (Å²) in [5.74, 6) is 0.419. The van der Waals surface area contributed by atoms with E-state index in [-0.39, 0.29) is 5.91 Å². The summed E-state index contributed by atoms with van der Waals surface area (Å²) in [6.07, 6.45) is 2.94. The molecule has 1 fully saturated rings. The molecular formula is C29H41N3O3. The van der Waals surface area contributed by atoms with Crippen molar-refractivity contribution >= 4 is 12.0 Å². The SMILES string of the molecule is Cc1ccc(CNC(=O)[C@H](CCCCNC2CC2c2ccccc2)NC(=O)OC(C)(C)C)cc1C. The van der Waals surface area contributed by atoms with E-state index in [9.17, 15) is 9.59 Å². The summed E-state index contributed by atoms with van der Waals surface area (Å²) in [4.78, 5) is 25.3. The van der Waals surface area contributed by atoms with Gasteiger partial charge in [-0.15, -0.1) is 0 Å². The Morgan fingerprint density at radius 1 is 1.03 bits per heavy atom. The minimum atomic E-state index is -0.630. The molecule has 1 saturated carbocycles. The van der Waals surface area contributed by atoms with E-state index in [1.807, 2.05) is 32.9 Å². The first kappa shape index (κ1) is 26.7. The lowest BCUT2D eigenvalue weighted by Gasteiger charge is -2.23. The van der Waals surface area contributed by atoms with Gasteiger partial charge in [-0.25, -0.2) is 4.79 Å². The van der Waals surface area contributed by atoms with E-state index in [4.69, 9.17) is 4.74 Å². The maximum absolute atomic E-state index is 13.0. The number of amides is 2. The van der Waals surface area contributed by atoms with Crippen LogP contribution in [0.2, 0.25) is 0 Å². The molecule has 3 N–H and O–H groups in total. The molecule has 2 unspecified atom stereocenters. The van der Waals surface area contributed by atoms with Crippen LogP contribution in [0.5, 0.6) is 0 Å². The average molecular weight is 480 g/mol. The fraction of sp³-hybridized carbons (Fsp3) is 0.517. The van der Waals surface area contributed by atoms with Crippen molar-refractivity contribution in [3.63, 3.8) is 0 Å². The summed E-state index contributed by atoms with van der Waals surface area (Å²) in [7, 11) is 0. The third-order valence-electron chi connectivity index (χ3n) is 6.39. The summed E-state index contributed by atoms with van der Waals surface area (Å²) < 4.78 is 5.39. The van der Waals surface area contributed by atoms with Crippen molar-refractivity contribution in [3.05, 3.63) is 70.8 Å². The van der Waals surface area contributed by atoms with E-state index in [1.54, 1.807) is 0 Å². The molecule has 0 bridgehead atoms. The molecule has 0 radical (unpaired) electrons. The summed E-state index contributed by atoms with van der Waals surface area (Å²) in [5.41, 5.74) is 4.23. The Labute approximate surface area is 210 Å². The fourth-order valence-electron chi connectivity index (χ4n) is 4.19. The number of aryl methyl sites for hydroxylation is 2. The summed E-state index contributed by atoms with van der Waals surface area (Å²) in [6.45, 7) is 10.9. The smallest absolute Gasteiger partial charge is 0.408 e. The lowest BCUT2D eigenvalue weighted by Crippen LogP contribution is -2.48. The van der Waals surface area contributed by atoms with Crippen LogP contribution in [0.3, 0.4) is 0 Å². The zero-order valence-electron chi connectivity index (χ0n) is 21.8. The maximum Gasteiger partial charge on any atom is 0.408 e. The minimum Gasteiger partial charge on any atom is -0.444 e. The molecule has 6 heteroatoms. The molecule has 1 aliphatic rings. The van der Waals surface area contributed by atoms with Crippen molar-refractivity contribution in [1.29, 1.82) is 0 Å². The highest BCUT2D eigenvalue weighted by Crippen LogP contribution is 2.40. The van der Waals surface area contributed by atoms with Crippen molar-refractivity contribution in [2.24, 2.45) is 0 Å². The molecule has 2 aromatic carbocycles. The first-order chi connectivity index (χ1) is 16.6. The highest BCUT2D eigenvalue weighted by atomic mass is 16.6. The molecule has 2 amide bonds. The van der Waals surface area contributed by atoms with Crippen molar-refractivity contribution < 1.29 is 14.3 Å². The highest BCUT2D eigenvalue weighted by molar-refractivity contribution is 5.85. The number of nitrogens with one attached hydrogen (secondary N) is 3. The van der Waals surface area contributed by atoms with Gasteiger partial charge in [0.1, 0.15) is 11.6 Å². The second-order valence-corrected chi connectivity index (χ2v) is 10.6. The Balaban J connectivity index is 1.45. The van der Waals surface area contributed by atoms with Gasteiger partial charge in [-0.1, -0.05) is 48.5 Å². The van der Waals surface area contributed by atoms with Crippen LogP contribution >= 0.6 is 0 Å². The van der Waals surface area contributed by atoms with Gasteiger partial charge in [0.15, 0.2) is 0 Å². The number of hydrogen-bond acceptors (Lipinski definition) is 4. The Hall–Kier alpha value is -2.86. The fourth-order valence-corrected chi connectivity index (χ4v) is 4.19. The molecule has 0 aromatic heterocycles. The average Bonchev–Trinajstić information content (AvgIpc) is 3.57. The largest absolute Gasteiger partial charge is 0.444 e. The Bertz CT molecular complexity index is 984. The van der Waals surface area contributed by atoms with Crippen molar-refractivity contribution in [3.8, 4) is 0 Å². The summed E-state index contributed by atoms with van der Waals surface area (Å²) in [5, 5.41) is 9.38. The zero-order valence-corrected chi connectivity index (χ0v) is 21.8. The molecular weight excluding hydrogens is 438 g/mol. The lowest BCUT2D eigenvalue weighted by atomic mass is 10.1. The van der Waals surface area contributed by atoms with Crippen molar-refractivity contribution in [2.75, 3.05) is 6.54 Å². The molecule has 3 atom stereocenters. The van der Waals surface area contributed by atoms with Gasteiger partial charge in [0.25, 0.3) is 0 Å². The van der Waals surface area contributed by atoms with E-state index >= 15 is 0 Å². The van der Waals surface area contributed by atoms with Crippen LogP contribution in [0.4, 0.5) is 4.79 Å². The third kappa shape index (κ3) is 9.02. The number of carbonyl (C=O) groups excluding carboxylic acids is 2. The number of alkyl carbamates (subject to hydrolysis) is 1. The van der Waals surface area contributed by atoms with Gasteiger partial charge < -0.3 is 20.7 Å². The van der Waals surface area contributed by atoms with Crippen molar-refractivity contribution in [2.45, 2.75) is 90.4 Å². The quantitative estimate of drug-likeness (QED) is 0.391. The van der Waals surface area contributed by atoms with Crippen LogP contribution in [-0.2, 0) is 16.1 Å². The molecule has 1 aliphatic carbocycles. The van der Waals surface area contributed by atoms with Gasteiger partial charge in [-0.2, -0.15) is 0 Å². The first-order valence-corrected chi connectivity index (χ1v) is 12.7. The van der Waals surface area contributed by atoms with Gasteiger partial charge in [0, 0.05) is 18.5 Å². The van der Waals surface area contributed by atoms with E-state index in [0.717, 1.165) is 24.9 Å². The van der Waals surface area contributed by atoms with Gasteiger partial charge in [-0.05, 0) is 89.1 Å². The topological polar surface area (TPSA) is 79.5 Å². The molecule has 0 aliphatic heterocycles. The number of unbranched alkanes of at least 4 members (excludes halogenated alkanes) is 1. The van der Waals surface area contributed by atoms with Gasteiger partial charge >= 0.3 is 6.09 Å². The second kappa shape index (κ2) is 12.2. The van der Waals surface area contributed by atoms with Crippen LogP contribution < -0.4 is 16.0 Å². The number of ether oxygens (including phenoxy) is 1. The first-order valence-electron chi connectivity index (χ1n) is 12.7. The van der Waals surface area contributed by atoms with E-state index in [2.05, 4.69) is 66.2 Å². The standard InChI is InChI=1S/C29H41N3O3/c1-20-14-15-22(17-21(20)2)19-31-27(33)25(32-28(34)35-29(3,4)5)13-9-10-16-30-26-18-24(26)23-11-7-6-8-12-23/h6-8,11-12,14-15,17,24-26,30H,9-10,13,16,18-19H2,1-5H3,(H,31,33)(H,32,34)/t24?,25-,26?/m0/s1. The van der Waals surface area contributed by atoms with Crippen LogP contribution in [0, 0.1) is 13.8 Å². The van der Waals surface area contributed by atoms with Gasteiger partial charge in [0.05, 0.1) is 0 Å². The van der Waals surface area contributed by atoms with E-state index in [1.165, 1.54) is 23.1 Å². The van der Waals surface area contributed by atoms with Crippen LogP contribution in [0.25, 0.3) is 0 Å².